The van der Waals surface area contributed by atoms with Crippen LogP contribution in [0, 0.1) is 5.82 Å². The van der Waals surface area contributed by atoms with Crippen molar-refractivity contribution in [1.29, 1.82) is 0 Å². The summed E-state index contributed by atoms with van der Waals surface area (Å²) in [6.45, 7) is 0.0495. The Balaban J connectivity index is 2.31. The van der Waals surface area contributed by atoms with Crippen molar-refractivity contribution in [3.63, 3.8) is 0 Å². The molecule has 0 radical (unpaired) electrons. The second-order valence-electron chi connectivity index (χ2n) is 6.06. The van der Waals surface area contributed by atoms with Gasteiger partial charge in [-0.3, -0.25) is 4.79 Å². The molecule has 1 aromatic carbocycles. The topological polar surface area (TPSA) is 66.4 Å². The highest BCUT2D eigenvalue weighted by molar-refractivity contribution is 6.04. The van der Waals surface area contributed by atoms with E-state index in [0.717, 1.165) is 13.0 Å². The number of carboxylic acids is 1. The van der Waals surface area contributed by atoms with Crippen LogP contribution in [0.4, 0.5) is 13.2 Å². The van der Waals surface area contributed by atoms with Crippen LogP contribution in [0.15, 0.2) is 40.7 Å². The van der Waals surface area contributed by atoms with E-state index in [1.54, 1.807) is 0 Å². The predicted molar refractivity (Wildman–Crippen MR) is 83.7 cm³/mol. The Hall–Kier alpha value is -2.57. The zero-order valence-corrected chi connectivity index (χ0v) is 13.4. The summed E-state index contributed by atoms with van der Waals surface area (Å²) in [5.41, 5.74) is -0.256. The van der Waals surface area contributed by atoms with Crippen molar-refractivity contribution in [3.8, 4) is 0 Å². The average Bonchev–Trinajstić information content (AvgIpc) is 2.93. The third-order valence-corrected chi connectivity index (χ3v) is 4.59. The highest BCUT2D eigenvalue weighted by Crippen LogP contribution is 2.45. The van der Waals surface area contributed by atoms with Crippen molar-refractivity contribution in [3.05, 3.63) is 57.7 Å². The molecule has 25 heavy (non-hydrogen) atoms. The number of carboxylic acid groups (broad SMARTS) is 1. The number of dihydropyridines is 1. The van der Waals surface area contributed by atoms with E-state index in [1.807, 2.05) is 0 Å². The first kappa shape index (κ1) is 17.3. The monoisotopic (exact) mass is 351 g/mol. The van der Waals surface area contributed by atoms with Crippen LogP contribution in [0.2, 0.25) is 0 Å². The Morgan fingerprint density at radius 3 is 2.72 bits per heavy atom. The lowest BCUT2D eigenvalue weighted by atomic mass is 9.78. The summed E-state index contributed by atoms with van der Waals surface area (Å²) in [6, 6.07) is 3.79. The molecular formula is C18H16F3NO3. The molecule has 7 heteroatoms. The molecule has 2 N–H and O–H groups in total. The summed E-state index contributed by atoms with van der Waals surface area (Å²) >= 11 is 0. The lowest BCUT2D eigenvalue weighted by molar-refractivity contribution is -0.133. The van der Waals surface area contributed by atoms with Crippen molar-refractivity contribution >= 4 is 11.8 Å². The summed E-state index contributed by atoms with van der Waals surface area (Å²) < 4.78 is 41.7. The normalized spacial score (nSPS) is 21.3. The molecule has 0 fully saturated rings. The lowest BCUT2D eigenvalue weighted by Gasteiger charge is -2.30. The fourth-order valence-corrected chi connectivity index (χ4v) is 3.60. The Kier molecular flexibility index (Phi) is 4.41. The summed E-state index contributed by atoms with van der Waals surface area (Å²) in [6.07, 6.45) is -1.25. The number of nitrogens with one attached hydrogen (secondary N) is 1. The molecule has 1 aliphatic carbocycles. The van der Waals surface area contributed by atoms with Gasteiger partial charge in [0.05, 0.1) is 11.3 Å². The van der Waals surface area contributed by atoms with Gasteiger partial charge in [0.1, 0.15) is 18.7 Å². The number of allylic oxidation sites excluding steroid dienone is 3. The summed E-state index contributed by atoms with van der Waals surface area (Å²) in [7, 11) is 0. The average molecular weight is 351 g/mol. The Morgan fingerprint density at radius 1 is 1.40 bits per heavy atom. The molecule has 0 saturated carbocycles. The summed E-state index contributed by atoms with van der Waals surface area (Å²) in [4.78, 5) is 24.1. The van der Waals surface area contributed by atoms with Crippen LogP contribution >= 0.6 is 0 Å². The largest absolute Gasteiger partial charge is 0.478 e. The third-order valence-electron chi connectivity index (χ3n) is 4.59. The van der Waals surface area contributed by atoms with Gasteiger partial charge in [0.25, 0.3) is 0 Å². The van der Waals surface area contributed by atoms with E-state index in [9.17, 15) is 27.9 Å². The van der Waals surface area contributed by atoms with Gasteiger partial charge in [-0.05, 0) is 25.0 Å². The minimum atomic E-state index is -1.71. The first-order chi connectivity index (χ1) is 11.9. The summed E-state index contributed by atoms with van der Waals surface area (Å²) in [5, 5.41) is 12.3. The molecule has 0 amide bonds. The summed E-state index contributed by atoms with van der Waals surface area (Å²) in [5.74, 6) is -3.76. The fraction of sp³-hybridized carbons (Fsp3) is 0.333. The molecule has 0 saturated heterocycles. The molecular weight excluding hydrogens is 335 g/mol. The van der Waals surface area contributed by atoms with Crippen LogP contribution in [0.25, 0.3) is 0 Å². The molecule has 4 nitrogen and oxygen atoms in total. The minimum Gasteiger partial charge on any atom is -0.478 e. The molecule has 0 unspecified atom stereocenters. The zero-order valence-electron chi connectivity index (χ0n) is 13.4. The number of halogens is 3. The Bertz CT molecular complexity index is 827. The van der Waals surface area contributed by atoms with Crippen LogP contribution < -0.4 is 5.32 Å². The van der Waals surface area contributed by atoms with Gasteiger partial charge in [0.15, 0.2) is 5.78 Å². The highest BCUT2D eigenvalue weighted by Gasteiger charge is 2.42. The zero-order chi connectivity index (χ0) is 18.3. The van der Waals surface area contributed by atoms with Gasteiger partial charge in [-0.2, -0.15) is 0 Å². The maximum absolute atomic E-state index is 14.2. The van der Waals surface area contributed by atoms with Crippen molar-refractivity contribution in [2.24, 2.45) is 0 Å². The molecule has 2 atom stereocenters. The van der Waals surface area contributed by atoms with Gasteiger partial charge in [-0.15, -0.1) is 0 Å². The maximum atomic E-state index is 14.2. The number of carbonyl (C=O) groups excluding carboxylic acids is 1. The Labute approximate surface area is 142 Å². The molecule has 1 heterocycles. The van der Waals surface area contributed by atoms with E-state index < -0.39 is 30.6 Å². The van der Waals surface area contributed by atoms with Crippen molar-refractivity contribution in [1.82, 2.24) is 5.32 Å². The first-order valence-electron chi connectivity index (χ1n) is 7.84. The van der Waals surface area contributed by atoms with Gasteiger partial charge in [-0.25, -0.2) is 18.0 Å². The quantitative estimate of drug-likeness (QED) is 0.872. The molecule has 0 spiro atoms. The number of hydrogen-bond donors (Lipinski definition) is 2. The molecule has 0 aromatic heterocycles. The predicted octanol–water partition coefficient (Wildman–Crippen LogP) is 3.47. The second-order valence-corrected chi connectivity index (χ2v) is 6.06. The van der Waals surface area contributed by atoms with Crippen LogP contribution in [0.3, 0.4) is 0 Å². The van der Waals surface area contributed by atoms with Gasteiger partial charge >= 0.3 is 5.97 Å². The molecule has 1 aliphatic heterocycles. The molecule has 3 rings (SSSR count). The van der Waals surface area contributed by atoms with E-state index >= 15 is 0 Å². The van der Waals surface area contributed by atoms with Crippen LogP contribution in [-0.2, 0) is 9.59 Å². The van der Waals surface area contributed by atoms with Gasteiger partial charge in [0.2, 0.25) is 0 Å². The van der Waals surface area contributed by atoms with E-state index in [1.165, 1.54) is 12.1 Å². The highest BCUT2D eigenvalue weighted by atomic mass is 19.1. The van der Waals surface area contributed by atoms with Crippen molar-refractivity contribution < 1.29 is 27.9 Å². The van der Waals surface area contributed by atoms with Crippen LogP contribution in [-0.4, -0.2) is 23.5 Å². The van der Waals surface area contributed by atoms with Crippen molar-refractivity contribution in [2.45, 2.75) is 31.9 Å². The van der Waals surface area contributed by atoms with E-state index in [4.69, 9.17) is 0 Å². The number of hydrogen-bond acceptors (Lipinski definition) is 3. The molecule has 1 aromatic rings. The van der Waals surface area contributed by atoms with Gasteiger partial charge < -0.3 is 10.4 Å². The molecule has 132 valence electrons. The molecule has 0 bridgehead atoms. The van der Waals surface area contributed by atoms with Gasteiger partial charge in [-0.1, -0.05) is 12.1 Å². The third kappa shape index (κ3) is 2.73. The maximum Gasteiger partial charge on any atom is 0.334 e. The number of aliphatic carboxylic acids is 1. The Morgan fingerprint density at radius 2 is 2.12 bits per heavy atom. The van der Waals surface area contributed by atoms with E-state index in [2.05, 4.69) is 5.32 Å². The number of carbonyl (C=O) groups is 2. The second kappa shape index (κ2) is 6.38. The van der Waals surface area contributed by atoms with Crippen molar-refractivity contribution in [2.75, 3.05) is 6.67 Å². The van der Waals surface area contributed by atoms with E-state index in [0.29, 0.717) is 12.1 Å². The lowest BCUT2D eigenvalue weighted by Crippen LogP contribution is -2.31. The number of alkyl halides is 2. The number of benzene rings is 1. The number of rotatable bonds is 4. The minimum absolute atomic E-state index is 0.0441. The first-order valence-corrected chi connectivity index (χ1v) is 7.84. The smallest absolute Gasteiger partial charge is 0.334 e. The van der Waals surface area contributed by atoms with Crippen LogP contribution in [0.1, 0.15) is 43.0 Å². The standard InChI is InChI=1S/C18H16F3NO3/c1-8(20)14-9(3-2-4-10(14)21)15-16-11(5-6-13(16)23)22-12(7-19)17(15)18(24)25/h2-4,8,15,22H,5-7H2,1H3,(H,24,25)/t8-,15+/m0/s1. The number of ketones is 1. The number of Topliss-reactive ketones (excluding diaryl/α,β-unsaturated/α-hetero) is 1. The van der Waals surface area contributed by atoms with Gasteiger partial charge in [0, 0.05) is 29.2 Å². The fourth-order valence-electron chi connectivity index (χ4n) is 3.60. The molecule has 2 aliphatic rings. The SMILES string of the molecule is C[C@H](F)c1c(F)cccc1[C@H]1C(C(=O)O)=C(CF)NC2=C1C(=O)CC2. The van der Waals surface area contributed by atoms with E-state index in [-0.39, 0.29) is 40.2 Å². The van der Waals surface area contributed by atoms with Crippen LogP contribution in [0.5, 0.6) is 0 Å².